The summed E-state index contributed by atoms with van der Waals surface area (Å²) in [4.78, 5) is 19.9. The number of nitrogens with zero attached hydrogens (tertiary/aromatic N) is 2. The fraction of sp³-hybridized carbons (Fsp3) is 0.357. The lowest BCUT2D eigenvalue weighted by atomic mass is 10.2. The van der Waals surface area contributed by atoms with E-state index in [1.807, 2.05) is 31.4 Å². The summed E-state index contributed by atoms with van der Waals surface area (Å²) in [5.41, 5.74) is 1.84. The first kappa shape index (κ1) is 14.2. The minimum absolute atomic E-state index is 0.191. The van der Waals surface area contributed by atoms with Crippen LogP contribution in [0.3, 0.4) is 0 Å². The second-order valence-electron chi connectivity index (χ2n) is 4.98. The number of carbonyl (C=O) groups excluding carboxylic acids is 1. The van der Waals surface area contributed by atoms with Crippen molar-refractivity contribution in [3.8, 4) is 0 Å². The molecule has 1 saturated heterocycles. The predicted molar refractivity (Wildman–Crippen MR) is 88.2 cm³/mol. The summed E-state index contributed by atoms with van der Waals surface area (Å²) in [6.07, 6.45) is -0.507. The molecule has 5 nitrogen and oxygen atoms in total. The highest BCUT2D eigenvalue weighted by atomic mass is 32.1. The van der Waals surface area contributed by atoms with E-state index in [0.717, 1.165) is 21.6 Å². The minimum atomic E-state index is -0.316. The van der Waals surface area contributed by atoms with Gasteiger partial charge in [0, 0.05) is 16.5 Å². The molecule has 0 unspecified atom stereocenters. The predicted octanol–water partition coefficient (Wildman–Crippen LogP) is 2.87. The first-order chi connectivity index (χ1) is 10.0. The Hall–Kier alpha value is -1.73. The molecule has 1 atom stereocenters. The number of hydrogen-bond donors (Lipinski definition) is 1. The fourth-order valence-electron chi connectivity index (χ4n) is 2.28. The number of anilines is 1. The van der Waals surface area contributed by atoms with Gasteiger partial charge in [0.05, 0.1) is 23.8 Å². The second-order valence-corrected chi connectivity index (χ2v) is 6.45. The van der Waals surface area contributed by atoms with E-state index in [2.05, 4.69) is 10.3 Å². The molecule has 3 heterocycles. The van der Waals surface area contributed by atoms with Crippen LogP contribution in [0.25, 0.3) is 10.2 Å². The molecular formula is C14H15N3O2S2. The number of thiophene rings is 1. The number of rotatable bonds is 3. The average molecular weight is 321 g/mol. The van der Waals surface area contributed by atoms with Gasteiger partial charge in [0.1, 0.15) is 10.9 Å². The Morgan fingerprint density at radius 2 is 2.43 bits per heavy atom. The van der Waals surface area contributed by atoms with Crippen molar-refractivity contribution >= 4 is 50.5 Å². The number of carbonyl (C=O) groups is 1. The van der Waals surface area contributed by atoms with E-state index in [0.29, 0.717) is 18.1 Å². The fourth-order valence-corrected chi connectivity index (χ4v) is 3.34. The average Bonchev–Trinajstić information content (AvgIpc) is 2.99. The number of amides is 1. The normalized spacial score (nSPS) is 18.1. The molecule has 0 bridgehead atoms. The Kier molecular flexibility index (Phi) is 3.77. The van der Waals surface area contributed by atoms with Crippen molar-refractivity contribution in [3.63, 3.8) is 0 Å². The lowest BCUT2D eigenvalue weighted by molar-refractivity contribution is 0.143. The number of pyridine rings is 1. The van der Waals surface area contributed by atoms with Crippen LogP contribution < -0.4 is 10.2 Å². The topological polar surface area (TPSA) is 54.5 Å². The van der Waals surface area contributed by atoms with Crippen LogP contribution in [-0.2, 0) is 4.74 Å². The maximum Gasteiger partial charge on any atom is 0.414 e. The highest BCUT2D eigenvalue weighted by Gasteiger charge is 2.33. The number of fused-ring (bicyclic) bond motifs is 1. The lowest BCUT2D eigenvalue weighted by Gasteiger charge is -2.12. The SMILES string of the molecule is CC(=S)NC[C@H]1CN(c2csc3nc(C)ccc23)C(=O)O1. The van der Waals surface area contributed by atoms with E-state index in [1.165, 1.54) is 11.3 Å². The zero-order valence-electron chi connectivity index (χ0n) is 11.8. The number of cyclic esters (lactones) is 1. The van der Waals surface area contributed by atoms with Crippen LogP contribution in [0.15, 0.2) is 17.5 Å². The van der Waals surface area contributed by atoms with Crippen molar-refractivity contribution in [2.24, 2.45) is 0 Å². The van der Waals surface area contributed by atoms with Gasteiger partial charge in [0.2, 0.25) is 0 Å². The quantitative estimate of drug-likeness (QED) is 0.881. The zero-order chi connectivity index (χ0) is 15.0. The molecule has 0 saturated carbocycles. The van der Waals surface area contributed by atoms with Gasteiger partial charge in [0.25, 0.3) is 0 Å². The number of nitrogens with one attached hydrogen (secondary N) is 1. The Labute approximate surface area is 131 Å². The molecule has 21 heavy (non-hydrogen) atoms. The molecular weight excluding hydrogens is 306 g/mol. The summed E-state index contributed by atoms with van der Waals surface area (Å²) in [6.45, 7) is 4.83. The molecule has 1 aliphatic rings. The van der Waals surface area contributed by atoms with Crippen molar-refractivity contribution in [1.29, 1.82) is 0 Å². The van der Waals surface area contributed by atoms with Crippen molar-refractivity contribution in [2.45, 2.75) is 20.0 Å². The first-order valence-electron chi connectivity index (χ1n) is 6.62. The Balaban J connectivity index is 1.82. The maximum atomic E-state index is 12.1. The minimum Gasteiger partial charge on any atom is -0.442 e. The van der Waals surface area contributed by atoms with Crippen molar-refractivity contribution < 1.29 is 9.53 Å². The Bertz CT molecular complexity index is 713. The number of aromatic nitrogens is 1. The molecule has 0 aliphatic carbocycles. The third-order valence-electron chi connectivity index (χ3n) is 3.30. The second kappa shape index (κ2) is 5.57. The van der Waals surface area contributed by atoms with Crippen LogP contribution in [0.5, 0.6) is 0 Å². The van der Waals surface area contributed by atoms with Crippen molar-refractivity contribution in [1.82, 2.24) is 10.3 Å². The molecule has 1 N–H and O–H groups in total. The molecule has 2 aromatic rings. The zero-order valence-corrected chi connectivity index (χ0v) is 13.4. The maximum absolute atomic E-state index is 12.1. The van der Waals surface area contributed by atoms with E-state index in [9.17, 15) is 4.79 Å². The molecule has 1 fully saturated rings. The van der Waals surface area contributed by atoms with E-state index < -0.39 is 0 Å². The van der Waals surface area contributed by atoms with Gasteiger partial charge in [-0.25, -0.2) is 9.78 Å². The van der Waals surface area contributed by atoms with Gasteiger partial charge >= 0.3 is 6.09 Å². The number of ether oxygens (including phenoxy) is 1. The van der Waals surface area contributed by atoms with Crippen LogP contribution in [0.2, 0.25) is 0 Å². The van der Waals surface area contributed by atoms with Crippen molar-refractivity contribution in [2.75, 3.05) is 18.0 Å². The Morgan fingerprint density at radius 1 is 1.62 bits per heavy atom. The monoisotopic (exact) mass is 321 g/mol. The Morgan fingerprint density at radius 3 is 3.19 bits per heavy atom. The van der Waals surface area contributed by atoms with Gasteiger partial charge in [-0.2, -0.15) is 0 Å². The number of thiocarbonyl (C=S) groups is 1. The molecule has 7 heteroatoms. The molecule has 0 spiro atoms. The van der Waals surface area contributed by atoms with E-state index in [-0.39, 0.29) is 12.2 Å². The number of hydrogen-bond acceptors (Lipinski definition) is 5. The largest absolute Gasteiger partial charge is 0.442 e. The van der Waals surface area contributed by atoms with Crippen LogP contribution in [0.4, 0.5) is 10.5 Å². The molecule has 1 amide bonds. The third-order valence-corrected chi connectivity index (χ3v) is 4.32. The van der Waals surface area contributed by atoms with Crippen LogP contribution in [-0.4, -0.2) is 35.3 Å². The molecule has 110 valence electrons. The van der Waals surface area contributed by atoms with E-state index in [4.69, 9.17) is 17.0 Å². The molecule has 3 rings (SSSR count). The van der Waals surface area contributed by atoms with E-state index >= 15 is 0 Å². The summed E-state index contributed by atoms with van der Waals surface area (Å²) in [7, 11) is 0. The first-order valence-corrected chi connectivity index (χ1v) is 7.91. The highest BCUT2D eigenvalue weighted by Crippen LogP contribution is 2.34. The van der Waals surface area contributed by atoms with Gasteiger partial charge < -0.3 is 10.1 Å². The van der Waals surface area contributed by atoms with Gasteiger partial charge in [0.15, 0.2) is 0 Å². The van der Waals surface area contributed by atoms with Crippen molar-refractivity contribution in [3.05, 3.63) is 23.2 Å². The molecule has 0 radical (unpaired) electrons. The summed E-state index contributed by atoms with van der Waals surface area (Å²) in [5, 5.41) is 5.98. The smallest absolute Gasteiger partial charge is 0.414 e. The highest BCUT2D eigenvalue weighted by molar-refractivity contribution is 7.80. The summed E-state index contributed by atoms with van der Waals surface area (Å²) in [6, 6.07) is 3.96. The summed E-state index contributed by atoms with van der Waals surface area (Å²) >= 11 is 6.51. The third kappa shape index (κ3) is 2.84. The van der Waals surface area contributed by atoms with E-state index in [1.54, 1.807) is 4.90 Å². The summed E-state index contributed by atoms with van der Waals surface area (Å²) < 4.78 is 5.37. The molecule has 2 aromatic heterocycles. The van der Waals surface area contributed by atoms with Gasteiger partial charge in [-0.3, -0.25) is 4.90 Å². The van der Waals surface area contributed by atoms with Gasteiger partial charge in [-0.05, 0) is 26.0 Å². The van der Waals surface area contributed by atoms with Crippen LogP contribution >= 0.6 is 23.6 Å². The van der Waals surface area contributed by atoms with Crippen LogP contribution in [0.1, 0.15) is 12.6 Å². The number of aryl methyl sites for hydroxylation is 1. The molecule has 1 aliphatic heterocycles. The standard InChI is InChI=1S/C14H15N3O2S2/c1-8-3-4-11-12(7-21-13(11)16-8)17-6-10(19-14(17)18)5-15-9(2)20/h3-4,7,10H,5-6H2,1-2H3,(H,15,20)/t10-/m0/s1. The lowest BCUT2D eigenvalue weighted by Crippen LogP contribution is -2.32. The summed E-state index contributed by atoms with van der Waals surface area (Å²) in [5.74, 6) is 0. The van der Waals surface area contributed by atoms with Crippen LogP contribution in [0, 0.1) is 6.92 Å². The van der Waals surface area contributed by atoms with Gasteiger partial charge in [-0.15, -0.1) is 11.3 Å². The molecule has 0 aromatic carbocycles. The van der Waals surface area contributed by atoms with Gasteiger partial charge in [-0.1, -0.05) is 12.2 Å².